The minimum Gasteiger partial charge on any atom is -0.452 e. The van der Waals surface area contributed by atoms with E-state index in [4.69, 9.17) is 16.3 Å². The van der Waals surface area contributed by atoms with Gasteiger partial charge in [0.15, 0.2) is 6.61 Å². The lowest BCUT2D eigenvalue weighted by atomic mass is 10.1. The first kappa shape index (κ1) is 9.98. The Morgan fingerprint density at radius 3 is 2.87 bits per heavy atom. The third kappa shape index (κ3) is 1.68. The Labute approximate surface area is 91.4 Å². The van der Waals surface area contributed by atoms with E-state index >= 15 is 0 Å². The standard InChI is InChI=1S/C10H8ClNO3/c1-12-8-4-6(11)2-3-7(8)10(14)15-5-9(12)13/h2-4H,5H2,1H3. The molecule has 5 heteroatoms. The van der Waals surface area contributed by atoms with Gasteiger partial charge in [-0.25, -0.2) is 4.79 Å². The van der Waals surface area contributed by atoms with Crippen LogP contribution in [0.1, 0.15) is 10.4 Å². The number of hydrogen-bond donors (Lipinski definition) is 0. The lowest BCUT2D eigenvalue weighted by molar-refractivity contribution is -0.121. The first-order valence-corrected chi connectivity index (χ1v) is 4.70. The average Bonchev–Trinajstić information content (AvgIpc) is 2.32. The van der Waals surface area contributed by atoms with Crippen molar-refractivity contribution in [3.63, 3.8) is 0 Å². The Morgan fingerprint density at radius 2 is 2.13 bits per heavy atom. The van der Waals surface area contributed by atoms with Gasteiger partial charge in [-0.15, -0.1) is 0 Å². The van der Waals surface area contributed by atoms with Crippen molar-refractivity contribution < 1.29 is 14.3 Å². The zero-order chi connectivity index (χ0) is 11.0. The fourth-order valence-corrected chi connectivity index (χ4v) is 1.56. The zero-order valence-corrected chi connectivity index (χ0v) is 8.75. The molecule has 15 heavy (non-hydrogen) atoms. The molecule has 0 aromatic heterocycles. The largest absolute Gasteiger partial charge is 0.452 e. The summed E-state index contributed by atoms with van der Waals surface area (Å²) in [5.41, 5.74) is 0.836. The fraction of sp³-hybridized carbons (Fsp3) is 0.200. The lowest BCUT2D eigenvalue weighted by Gasteiger charge is -2.15. The molecule has 1 heterocycles. The van der Waals surface area contributed by atoms with E-state index in [1.807, 2.05) is 0 Å². The van der Waals surface area contributed by atoms with E-state index in [1.54, 1.807) is 25.2 Å². The molecule has 0 bridgehead atoms. The first-order chi connectivity index (χ1) is 7.09. The number of halogens is 1. The van der Waals surface area contributed by atoms with Gasteiger partial charge < -0.3 is 9.64 Å². The molecule has 1 aliphatic heterocycles. The molecule has 1 amide bonds. The number of carbonyl (C=O) groups is 2. The molecule has 0 aliphatic carbocycles. The van der Waals surface area contributed by atoms with E-state index in [1.165, 1.54) is 4.90 Å². The topological polar surface area (TPSA) is 46.6 Å². The number of nitrogens with zero attached hydrogens (tertiary/aromatic N) is 1. The maximum atomic E-state index is 11.5. The third-order valence-electron chi connectivity index (χ3n) is 2.24. The van der Waals surface area contributed by atoms with Crippen LogP contribution in [0.2, 0.25) is 5.02 Å². The van der Waals surface area contributed by atoms with Crippen LogP contribution in [0.4, 0.5) is 5.69 Å². The molecule has 78 valence electrons. The number of hydrogen-bond acceptors (Lipinski definition) is 3. The molecule has 2 rings (SSSR count). The quantitative estimate of drug-likeness (QED) is 0.629. The first-order valence-electron chi connectivity index (χ1n) is 4.33. The van der Waals surface area contributed by atoms with Crippen LogP contribution < -0.4 is 4.90 Å². The van der Waals surface area contributed by atoms with Crippen LogP contribution in [0.15, 0.2) is 18.2 Å². The summed E-state index contributed by atoms with van der Waals surface area (Å²) in [6, 6.07) is 4.71. The summed E-state index contributed by atoms with van der Waals surface area (Å²) in [6.07, 6.45) is 0. The van der Waals surface area contributed by atoms with E-state index in [-0.39, 0.29) is 12.5 Å². The maximum Gasteiger partial charge on any atom is 0.340 e. The molecular weight excluding hydrogens is 218 g/mol. The highest BCUT2D eigenvalue weighted by molar-refractivity contribution is 6.31. The van der Waals surface area contributed by atoms with E-state index in [0.29, 0.717) is 16.3 Å². The molecule has 4 nitrogen and oxygen atoms in total. The number of carbonyl (C=O) groups excluding carboxylic acids is 2. The summed E-state index contributed by atoms with van der Waals surface area (Å²) in [5.74, 6) is -0.774. The SMILES string of the molecule is CN1C(=O)COC(=O)c2ccc(Cl)cc21. The zero-order valence-electron chi connectivity index (χ0n) is 7.99. The van der Waals surface area contributed by atoms with Crippen LogP contribution in [-0.4, -0.2) is 25.5 Å². The predicted octanol–water partition coefficient (Wildman–Crippen LogP) is 1.47. The second-order valence-electron chi connectivity index (χ2n) is 3.19. The van der Waals surface area contributed by atoms with Gasteiger partial charge >= 0.3 is 5.97 Å². The summed E-state index contributed by atoms with van der Waals surface area (Å²) in [5, 5.41) is 0.475. The summed E-state index contributed by atoms with van der Waals surface area (Å²) in [6.45, 7) is -0.234. The molecule has 0 saturated carbocycles. The third-order valence-corrected chi connectivity index (χ3v) is 2.48. The highest BCUT2D eigenvalue weighted by Crippen LogP contribution is 2.26. The minimum absolute atomic E-state index is 0.234. The van der Waals surface area contributed by atoms with Crippen molar-refractivity contribution in [2.45, 2.75) is 0 Å². The van der Waals surface area contributed by atoms with Gasteiger partial charge in [0.05, 0.1) is 11.3 Å². The number of amides is 1. The van der Waals surface area contributed by atoms with Crippen molar-refractivity contribution in [1.82, 2.24) is 0 Å². The molecule has 0 fully saturated rings. The summed E-state index contributed by atoms with van der Waals surface area (Å²) in [7, 11) is 1.58. The molecule has 0 saturated heterocycles. The molecule has 1 aromatic carbocycles. The molecule has 0 unspecified atom stereocenters. The maximum absolute atomic E-state index is 11.5. The number of cyclic esters (lactones) is 1. The summed E-state index contributed by atoms with van der Waals surface area (Å²) >= 11 is 5.80. The van der Waals surface area contributed by atoms with Crippen molar-refractivity contribution in [2.24, 2.45) is 0 Å². The number of likely N-dealkylation sites (N-methyl/N-ethyl adjacent to an activating group) is 1. The minimum atomic E-state index is -0.501. The van der Waals surface area contributed by atoms with Crippen LogP contribution in [0.3, 0.4) is 0 Å². The Morgan fingerprint density at radius 1 is 1.40 bits per heavy atom. The summed E-state index contributed by atoms with van der Waals surface area (Å²) in [4.78, 5) is 24.3. The van der Waals surface area contributed by atoms with Gasteiger partial charge in [-0.2, -0.15) is 0 Å². The van der Waals surface area contributed by atoms with E-state index in [2.05, 4.69) is 0 Å². The second-order valence-corrected chi connectivity index (χ2v) is 3.63. The number of rotatable bonds is 0. The van der Waals surface area contributed by atoms with Gasteiger partial charge in [-0.1, -0.05) is 11.6 Å². The van der Waals surface area contributed by atoms with Crippen LogP contribution in [0.5, 0.6) is 0 Å². The number of ether oxygens (including phenoxy) is 1. The fourth-order valence-electron chi connectivity index (χ4n) is 1.39. The van der Waals surface area contributed by atoms with E-state index in [0.717, 1.165) is 0 Å². The number of esters is 1. The molecular formula is C10H8ClNO3. The molecule has 0 radical (unpaired) electrons. The number of benzene rings is 1. The molecule has 1 aliphatic rings. The smallest absolute Gasteiger partial charge is 0.340 e. The van der Waals surface area contributed by atoms with Crippen LogP contribution in [0.25, 0.3) is 0 Å². The van der Waals surface area contributed by atoms with Crippen molar-refractivity contribution in [2.75, 3.05) is 18.6 Å². The Kier molecular flexibility index (Phi) is 2.36. The highest BCUT2D eigenvalue weighted by Gasteiger charge is 2.25. The number of fused-ring (bicyclic) bond motifs is 1. The predicted molar refractivity (Wildman–Crippen MR) is 55.1 cm³/mol. The molecule has 0 spiro atoms. The van der Waals surface area contributed by atoms with Gasteiger partial charge in [0.1, 0.15) is 0 Å². The van der Waals surface area contributed by atoms with E-state index in [9.17, 15) is 9.59 Å². The second kappa shape index (κ2) is 3.55. The number of anilines is 1. The van der Waals surface area contributed by atoms with Crippen LogP contribution in [-0.2, 0) is 9.53 Å². The molecule has 1 aromatic rings. The lowest BCUT2D eigenvalue weighted by Crippen LogP contribution is -2.28. The van der Waals surface area contributed by atoms with E-state index < -0.39 is 5.97 Å². The van der Waals surface area contributed by atoms with Gasteiger partial charge in [0, 0.05) is 12.1 Å². The summed E-state index contributed by atoms with van der Waals surface area (Å²) < 4.78 is 4.78. The Bertz CT molecular complexity index is 444. The van der Waals surface area contributed by atoms with Crippen molar-refractivity contribution >= 4 is 29.2 Å². The van der Waals surface area contributed by atoms with Crippen molar-refractivity contribution in [1.29, 1.82) is 0 Å². The highest BCUT2D eigenvalue weighted by atomic mass is 35.5. The van der Waals surface area contributed by atoms with Crippen molar-refractivity contribution in [3.8, 4) is 0 Å². The monoisotopic (exact) mass is 225 g/mol. The average molecular weight is 226 g/mol. The van der Waals surface area contributed by atoms with Crippen molar-refractivity contribution in [3.05, 3.63) is 28.8 Å². The van der Waals surface area contributed by atoms with Crippen LogP contribution in [0, 0.1) is 0 Å². The molecule has 0 N–H and O–H groups in total. The van der Waals surface area contributed by atoms with Crippen LogP contribution >= 0.6 is 11.6 Å². The Hall–Kier alpha value is -1.55. The normalized spacial score (nSPS) is 15.7. The Balaban J connectivity index is 2.60. The van der Waals surface area contributed by atoms with Gasteiger partial charge in [-0.3, -0.25) is 4.79 Å². The molecule has 0 atom stereocenters. The van der Waals surface area contributed by atoms with Gasteiger partial charge in [-0.05, 0) is 18.2 Å². The van der Waals surface area contributed by atoms with Gasteiger partial charge in [0.2, 0.25) is 0 Å². The van der Waals surface area contributed by atoms with Gasteiger partial charge in [0.25, 0.3) is 5.91 Å².